The van der Waals surface area contributed by atoms with Crippen molar-refractivity contribution in [3.63, 3.8) is 0 Å². The number of carbonyl (C=O) groups excluding carboxylic acids is 2. The Morgan fingerprint density at radius 1 is 1.12 bits per heavy atom. The third-order valence-electron chi connectivity index (χ3n) is 3.74. The second-order valence-electron chi connectivity index (χ2n) is 6.37. The largest absolute Gasteiger partial charge is 0.416 e. The molecule has 0 bridgehead atoms. The van der Waals surface area contributed by atoms with Gasteiger partial charge in [-0.05, 0) is 46.1 Å². The molecular formula is C16H22F3N3O2. The summed E-state index contributed by atoms with van der Waals surface area (Å²) in [4.78, 5) is 25.2. The maximum absolute atomic E-state index is 13.0. The maximum atomic E-state index is 13.0. The normalized spacial score (nSPS) is 12.2. The third-order valence-corrected chi connectivity index (χ3v) is 3.74. The lowest BCUT2D eigenvalue weighted by atomic mass is 10.0. The Balaban J connectivity index is 3.08. The van der Waals surface area contributed by atoms with Crippen LogP contribution in [-0.2, 0) is 11.0 Å². The number of nitrogens with one attached hydrogen (secondary N) is 2. The first kappa shape index (κ1) is 20.0. The van der Waals surface area contributed by atoms with Crippen LogP contribution in [0.5, 0.6) is 0 Å². The van der Waals surface area contributed by atoms with E-state index in [1.54, 1.807) is 0 Å². The molecule has 0 aliphatic carbocycles. The highest BCUT2D eigenvalue weighted by Gasteiger charge is 2.32. The van der Waals surface area contributed by atoms with E-state index in [1.807, 2.05) is 32.8 Å². The van der Waals surface area contributed by atoms with Crippen molar-refractivity contribution in [1.29, 1.82) is 0 Å². The molecule has 1 rings (SSSR count). The van der Waals surface area contributed by atoms with Gasteiger partial charge in [0.05, 0.1) is 5.56 Å². The lowest BCUT2D eigenvalue weighted by molar-refractivity contribution is -0.137. The van der Waals surface area contributed by atoms with Crippen molar-refractivity contribution >= 4 is 17.5 Å². The first-order valence-corrected chi connectivity index (χ1v) is 7.28. The zero-order valence-electron chi connectivity index (χ0n) is 14.3. The van der Waals surface area contributed by atoms with E-state index >= 15 is 0 Å². The smallest absolute Gasteiger partial charge is 0.350 e. The zero-order valence-corrected chi connectivity index (χ0v) is 14.3. The minimum Gasteiger partial charge on any atom is -0.350 e. The van der Waals surface area contributed by atoms with Gasteiger partial charge in [0.25, 0.3) is 5.91 Å². The molecule has 8 heteroatoms. The summed E-state index contributed by atoms with van der Waals surface area (Å²) in [6.07, 6.45) is -4.62. The van der Waals surface area contributed by atoms with Crippen LogP contribution >= 0.6 is 0 Å². The average Bonchev–Trinajstić information content (AvgIpc) is 2.42. The molecule has 134 valence electrons. The van der Waals surface area contributed by atoms with E-state index < -0.39 is 23.6 Å². The molecule has 0 aliphatic heterocycles. The minimum absolute atomic E-state index is 0.0747. The Morgan fingerprint density at radius 2 is 1.71 bits per heavy atom. The summed E-state index contributed by atoms with van der Waals surface area (Å²) in [5.41, 5.74) is -1.60. The molecule has 1 aromatic carbocycles. The molecule has 0 radical (unpaired) electrons. The molecule has 2 N–H and O–H groups in total. The molecule has 0 spiro atoms. The molecule has 0 atom stereocenters. The van der Waals surface area contributed by atoms with E-state index in [0.717, 1.165) is 12.1 Å². The number of benzene rings is 1. The van der Waals surface area contributed by atoms with E-state index in [4.69, 9.17) is 0 Å². The number of hydrogen-bond acceptors (Lipinski definition) is 3. The van der Waals surface area contributed by atoms with E-state index in [9.17, 15) is 22.8 Å². The summed E-state index contributed by atoms with van der Waals surface area (Å²) in [7, 11) is 3.68. The van der Waals surface area contributed by atoms with Gasteiger partial charge in [-0.15, -0.1) is 0 Å². The van der Waals surface area contributed by atoms with Gasteiger partial charge in [0.15, 0.2) is 0 Å². The van der Waals surface area contributed by atoms with Gasteiger partial charge in [0, 0.05) is 30.3 Å². The van der Waals surface area contributed by atoms with Crippen molar-refractivity contribution in [3.05, 3.63) is 29.3 Å². The van der Waals surface area contributed by atoms with Crippen molar-refractivity contribution in [1.82, 2.24) is 10.2 Å². The molecule has 2 amide bonds. The predicted octanol–water partition coefficient (Wildman–Crippen LogP) is 2.73. The highest BCUT2D eigenvalue weighted by atomic mass is 19.4. The van der Waals surface area contributed by atoms with Crippen molar-refractivity contribution < 1.29 is 22.8 Å². The van der Waals surface area contributed by atoms with Crippen LogP contribution in [0.1, 0.15) is 36.7 Å². The molecule has 5 nitrogen and oxygen atoms in total. The van der Waals surface area contributed by atoms with Crippen molar-refractivity contribution in [2.75, 3.05) is 26.0 Å². The van der Waals surface area contributed by atoms with Gasteiger partial charge in [-0.1, -0.05) is 0 Å². The molecule has 0 heterocycles. The second-order valence-corrected chi connectivity index (χ2v) is 6.37. The number of likely N-dealkylation sites (N-methyl/N-ethyl adjacent to an activating group) is 1. The zero-order chi connectivity index (χ0) is 18.7. The highest BCUT2D eigenvalue weighted by Crippen LogP contribution is 2.32. The van der Waals surface area contributed by atoms with Crippen LogP contribution < -0.4 is 10.6 Å². The fourth-order valence-electron chi connectivity index (χ4n) is 1.75. The number of amides is 2. The molecule has 0 aromatic heterocycles. The quantitative estimate of drug-likeness (QED) is 0.863. The highest BCUT2D eigenvalue weighted by molar-refractivity contribution is 5.97. The molecule has 0 saturated heterocycles. The van der Waals surface area contributed by atoms with E-state index in [-0.39, 0.29) is 23.3 Å². The van der Waals surface area contributed by atoms with E-state index in [0.29, 0.717) is 0 Å². The number of carbonyl (C=O) groups is 2. The summed E-state index contributed by atoms with van der Waals surface area (Å²) in [5, 5.41) is 4.90. The van der Waals surface area contributed by atoms with Crippen molar-refractivity contribution in [2.24, 2.45) is 0 Å². The fraction of sp³-hybridized carbons (Fsp3) is 0.500. The standard InChI is InChI=1S/C16H22F3N3O2/c1-10(23)21-13-7-11(6-12(8-13)16(17,18)19)14(24)20-9-15(2,3)22(4)5/h6-8H,9H2,1-5H3,(H,20,24)(H,21,23). The minimum atomic E-state index is -4.62. The number of rotatable bonds is 5. The fourth-order valence-corrected chi connectivity index (χ4v) is 1.75. The van der Waals surface area contributed by atoms with Crippen LogP contribution in [0, 0.1) is 0 Å². The molecule has 0 aliphatic rings. The molecule has 24 heavy (non-hydrogen) atoms. The molecular weight excluding hydrogens is 323 g/mol. The SMILES string of the molecule is CC(=O)Nc1cc(C(=O)NCC(C)(C)N(C)C)cc(C(F)(F)F)c1. The second kappa shape index (κ2) is 7.21. The lowest BCUT2D eigenvalue weighted by Crippen LogP contribution is -2.48. The average molecular weight is 345 g/mol. The Kier molecular flexibility index (Phi) is 5.99. The van der Waals surface area contributed by atoms with Crippen LogP contribution in [0.25, 0.3) is 0 Å². The van der Waals surface area contributed by atoms with Crippen LogP contribution in [0.15, 0.2) is 18.2 Å². The number of hydrogen-bond donors (Lipinski definition) is 2. The summed E-state index contributed by atoms with van der Waals surface area (Å²) < 4.78 is 38.9. The van der Waals surface area contributed by atoms with Crippen molar-refractivity contribution in [2.45, 2.75) is 32.5 Å². The van der Waals surface area contributed by atoms with Crippen LogP contribution in [-0.4, -0.2) is 42.9 Å². The Morgan fingerprint density at radius 3 is 2.17 bits per heavy atom. The van der Waals surface area contributed by atoms with E-state index in [2.05, 4.69) is 10.6 Å². The first-order valence-electron chi connectivity index (χ1n) is 7.28. The van der Waals surface area contributed by atoms with Gasteiger partial charge in [-0.3, -0.25) is 9.59 Å². The van der Waals surface area contributed by atoms with Crippen molar-refractivity contribution in [3.8, 4) is 0 Å². The van der Waals surface area contributed by atoms with Gasteiger partial charge in [-0.2, -0.15) is 13.2 Å². The van der Waals surface area contributed by atoms with Gasteiger partial charge in [-0.25, -0.2) is 0 Å². The summed E-state index contributed by atoms with van der Waals surface area (Å²) in [6.45, 7) is 5.22. The lowest BCUT2D eigenvalue weighted by Gasteiger charge is -2.32. The van der Waals surface area contributed by atoms with Gasteiger partial charge >= 0.3 is 6.18 Å². The number of alkyl halides is 3. The topological polar surface area (TPSA) is 61.4 Å². The van der Waals surface area contributed by atoms with Crippen LogP contribution in [0.2, 0.25) is 0 Å². The van der Waals surface area contributed by atoms with E-state index in [1.165, 1.54) is 13.0 Å². The first-order chi connectivity index (χ1) is 10.8. The molecule has 1 aromatic rings. The molecule has 0 saturated carbocycles. The third kappa shape index (κ3) is 5.52. The number of nitrogens with zero attached hydrogens (tertiary/aromatic N) is 1. The Hall–Kier alpha value is -2.09. The van der Waals surface area contributed by atoms with Crippen LogP contribution in [0.4, 0.5) is 18.9 Å². The summed E-state index contributed by atoms with van der Waals surface area (Å²) >= 11 is 0. The summed E-state index contributed by atoms with van der Waals surface area (Å²) in [6, 6.07) is 2.78. The van der Waals surface area contributed by atoms with Gasteiger partial charge in [0.2, 0.25) is 5.91 Å². The molecule has 0 unspecified atom stereocenters. The monoisotopic (exact) mass is 345 g/mol. The number of halogens is 3. The Bertz CT molecular complexity index is 625. The van der Waals surface area contributed by atoms with Gasteiger partial charge in [0.1, 0.15) is 0 Å². The van der Waals surface area contributed by atoms with Crippen LogP contribution in [0.3, 0.4) is 0 Å². The molecule has 0 fully saturated rings. The van der Waals surface area contributed by atoms with Gasteiger partial charge < -0.3 is 15.5 Å². The number of anilines is 1. The summed E-state index contributed by atoms with van der Waals surface area (Å²) in [5.74, 6) is -1.16. The Labute approximate surface area is 139 Å². The predicted molar refractivity (Wildman–Crippen MR) is 85.8 cm³/mol. The maximum Gasteiger partial charge on any atom is 0.416 e.